The monoisotopic (exact) mass is 598 g/mol. The van der Waals surface area contributed by atoms with Crippen LogP contribution in [0.25, 0.3) is 0 Å². The number of hydrogen-bond donors (Lipinski definition) is 4. The molecule has 3 saturated carbocycles. The number of carbonyl (C=O) groups excluding carboxylic acids is 2. The fourth-order valence-corrected chi connectivity index (χ4v) is 7.18. The van der Waals surface area contributed by atoms with Crippen molar-refractivity contribution in [2.24, 2.45) is 33.9 Å². The molecule has 43 heavy (non-hydrogen) atoms. The number of nitrogens with one attached hydrogen (secondary N) is 3. The Morgan fingerprint density at radius 2 is 1.84 bits per heavy atom. The van der Waals surface area contributed by atoms with Crippen LogP contribution in [0.1, 0.15) is 85.1 Å². The van der Waals surface area contributed by atoms with E-state index in [1.54, 1.807) is 12.3 Å². The van der Waals surface area contributed by atoms with Crippen molar-refractivity contribution in [3.63, 3.8) is 0 Å². The van der Waals surface area contributed by atoms with Gasteiger partial charge in [0, 0.05) is 6.54 Å². The Kier molecular flexibility index (Phi) is 10.1. The lowest BCUT2D eigenvalue weighted by Crippen LogP contribution is -2.65. The van der Waals surface area contributed by atoms with Crippen molar-refractivity contribution in [2.45, 2.75) is 103 Å². The van der Waals surface area contributed by atoms with E-state index in [9.17, 15) is 19.7 Å². The zero-order valence-corrected chi connectivity index (χ0v) is 26.2. The molecule has 13 heteroatoms. The van der Waals surface area contributed by atoms with E-state index in [0.29, 0.717) is 24.7 Å². The maximum atomic E-state index is 13.8. The lowest BCUT2D eigenvalue weighted by Gasteiger charge is -2.64. The summed E-state index contributed by atoms with van der Waals surface area (Å²) in [6.45, 7) is 12.9. The Hall–Kier alpha value is -3.19. The van der Waals surface area contributed by atoms with Crippen molar-refractivity contribution >= 4 is 24.9 Å². The number of nitrogens with zero attached hydrogens (tertiary/aromatic N) is 2. The standard InChI is InChI=1S/C30H47BN6O6/c1-18(2)15-25(31-42-24-17-21-16-23(29(21,4)5)30(24,6)43-31)35-27(39)22(13-10-14-33-28(32)36-37(40)41)34-26(38)19(3)20-11-8-7-9-12-20/h7-9,11-12,18-19,21-25H,10,13-17H2,1-6H3,(H,34,38)(H,35,39)(H3,32,33,36)/t19-,21+,22-,23+,24+,25-,30-/m0/s1. The zero-order chi connectivity index (χ0) is 31.5. The van der Waals surface area contributed by atoms with Gasteiger partial charge in [-0.15, -0.1) is 0 Å². The van der Waals surface area contributed by atoms with E-state index in [-0.39, 0.29) is 48.2 Å². The van der Waals surface area contributed by atoms with Crippen molar-refractivity contribution < 1.29 is 23.9 Å². The quantitative estimate of drug-likeness (QED) is 0.0671. The number of guanidine groups is 1. The van der Waals surface area contributed by atoms with E-state index >= 15 is 0 Å². The molecule has 0 aromatic heterocycles. The number of nitrogens with two attached hydrogens (primary N) is 1. The van der Waals surface area contributed by atoms with Crippen LogP contribution < -0.4 is 21.8 Å². The highest BCUT2D eigenvalue weighted by molar-refractivity contribution is 6.48. The van der Waals surface area contributed by atoms with Crippen LogP contribution in [0.4, 0.5) is 0 Å². The maximum Gasteiger partial charge on any atom is 0.481 e. The Morgan fingerprint density at radius 1 is 1.14 bits per heavy atom. The SMILES string of the molecule is CC(C)C[C@H](NC(=O)[C@H](CCCN=C(N)N[N+](=O)[O-])NC(=O)[C@@H](C)c1ccccc1)B1O[C@@H]2C[C@H]3C[C@H](C3(C)C)[C@]2(C)O1. The molecular formula is C30H47BN6O6. The molecule has 4 fully saturated rings. The minimum absolute atomic E-state index is 0.0147. The van der Waals surface area contributed by atoms with Crippen molar-refractivity contribution in [1.29, 1.82) is 0 Å². The number of aliphatic imine (C=N–C) groups is 1. The minimum atomic E-state index is -0.862. The van der Waals surface area contributed by atoms with Gasteiger partial charge in [0.1, 0.15) is 6.04 Å². The summed E-state index contributed by atoms with van der Waals surface area (Å²) in [7, 11) is -0.589. The first-order valence-corrected chi connectivity index (χ1v) is 15.4. The minimum Gasteiger partial charge on any atom is -0.404 e. The predicted molar refractivity (Wildman–Crippen MR) is 164 cm³/mol. The molecule has 0 radical (unpaired) electrons. The molecule has 3 aliphatic carbocycles. The van der Waals surface area contributed by atoms with Gasteiger partial charge in [-0.3, -0.25) is 9.59 Å². The number of amides is 2. The van der Waals surface area contributed by atoms with Crippen molar-refractivity contribution in [1.82, 2.24) is 16.1 Å². The topological polar surface area (TPSA) is 170 Å². The number of hydrogen-bond acceptors (Lipinski definition) is 7. The molecule has 1 saturated heterocycles. The van der Waals surface area contributed by atoms with Gasteiger partial charge in [-0.05, 0) is 74.7 Å². The van der Waals surface area contributed by atoms with Gasteiger partial charge in [-0.2, -0.15) is 0 Å². The van der Waals surface area contributed by atoms with E-state index in [1.807, 2.05) is 30.3 Å². The Bertz CT molecular complexity index is 1200. The third-order valence-corrected chi connectivity index (χ3v) is 9.82. The summed E-state index contributed by atoms with van der Waals surface area (Å²) in [6.07, 6.45) is 3.33. The summed E-state index contributed by atoms with van der Waals surface area (Å²) in [6, 6.07) is 8.50. The van der Waals surface area contributed by atoms with Gasteiger partial charge in [-0.25, -0.2) is 15.1 Å². The first kappa shape index (κ1) is 32.7. The lowest BCUT2D eigenvalue weighted by molar-refractivity contribution is -0.525. The van der Waals surface area contributed by atoms with E-state index < -0.39 is 35.7 Å². The molecule has 4 aliphatic rings. The second-order valence-electron chi connectivity index (χ2n) is 13.6. The molecule has 1 aromatic carbocycles. The van der Waals surface area contributed by atoms with Crippen LogP contribution in [-0.4, -0.2) is 60.2 Å². The van der Waals surface area contributed by atoms with Gasteiger partial charge < -0.3 is 25.7 Å². The van der Waals surface area contributed by atoms with Crippen LogP contribution in [-0.2, 0) is 18.9 Å². The van der Waals surface area contributed by atoms with Gasteiger partial charge in [0.05, 0.1) is 23.6 Å². The molecule has 5 N–H and O–H groups in total. The highest BCUT2D eigenvalue weighted by Gasteiger charge is 2.68. The van der Waals surface area contributed by atoms with Gasteiger partial charge in [0.2, 0.25) is 11.8 Å². The summed E-state index contributed by atoms with van der Waals surface area (Å²) in [5.41, 5.74) is 7.96. The van der Waals surface area contributed by atoms with E-state index in [1.165, 1.54) is 0 Å². The summed E-state index contributed by atoms with van der Waals surface area (Å²) in [5.74, 6) is -0.547. The molecule has 1 heterocycles. The smallest absolute Gasteiger partial charge is 0.404 e. The molecule has 12 nitrogen and oxygen atoms in total. The average Bonchev–Trinajstić information content (AvgIpc) is 3.30. The van der Waals surface area contributed by atoms with Crippen molar-refractivity contribution in [3.8, 4) is 0 Å². The summed E-state index contributed by atoms with van der Waals surface area (Å²) < 4.78 is 13.2. The van der Waals surface area contributed by atoms with Crippen LogP contribution >= 0.6 is 0 Å². The summed E-state index contributed by atoms with van der Waals surface area (Å²) in [4.78, 5) is 41.7. The first-order chi connectivity index (χ1) is 20.2. The van der Waals surface area contributed by atoms with Crippen molar-refractivity contribution in [3.05, 3.63) is 46.0 Å². The molecule has 5 rings (SSSR count). The number of nitro groups is 1. The molecular weight excluding hydrogens is 551 g/mol. The summed E-state index contributed by atoms with van der Waals surface area (Å²) in [5, 5.41) is 15.9. The zero-order valence-electron chi connectivity index (χ0n) is 26.2. The average molecular weight is 599 g/mol. The van der Waals surface area contributed by atoms with Gasteiger partial charge in [0.25, 0.3) is 5.96 Å². The number of rotatable bonds is 13. The molecule has 2 amide bonds. The molecule has 1 aliphatic heterocycles. The largest absolute Gasteiger partial charge is 0.481 e. The van der Waals surface area contributed by atoms with E-state index in [0.717, 1.165) is 18.4 Å². The molecule has 2 bridgehead atoms. The van der Waals surface area contributed by atoms with Gasteiger partial charge in [0.15, 0.2) is 5.03 Å². The highest BCUT2D eigenvalue weighted by atomic mass is 16.7. The van der Waals surface area contributed by atoms with Gasteiger partial charge >= 0.3 is 7.12 Å². The fraction of sp³-hybridized carbons (Fsp3) is 0.700. The van der Waals surface area contributed by atoms with Crippen LogP contribution in [0.3, 0.4) is 0 Å². The Labute approximate surface area is 254 Å². The lowest BCUT2D eigenvalue weighted by atomic mass is 9.43. The summed E-state index contributed by atoms with van der Waals surface area (Å²) >= 11 is 0. The first-order valence-electron chi connectivity index (χ1n) is 15.4. The Morgan fingerprint density at radius 3 is 2.47 bits per heavy atom. The van der Waals surface area contributed by atoms with Crippen molar-refractivity contribution in [2.75, 3.05) is 6.54 Å². The van der Waals surface area contributed by atoms with Crippen LogP contribution in [0.15, 0.2) is 35.3 Å². The maximum absolute atomic E-state index is 13.8. The molecule has 0 spiro atoms. The fourth-order valence-electron chi connectivity index (χ4n) is 7.18. The second-order valence-corrected chi connectivity index (χ2v) is 13.6. The van der Waals surface area contributed by atoms with E-state index in [2.05, 4.69) is 50.2 Å². The normalized spacial score (nSPS) is 27.8. The van der Waals surface area contributed by atoms with Crippen LogP contribution in [0.5, 0.6) is 0 Å². The number of carbonyl (C=O) groups is 2. The van der Waals surface area contributed by atoms with E-state index in [4.69, 9.17) is 15.0 Å². The second kappa shape index (κ2) is 13.2. The predicted octanol–water partition coefficient (Wildman–Crippen LogP) is 2.95. The van der Waals surface area contributed by atoms with Gasteiger partial charge in [-0.1, -0.05) is 63.5 Å². The Balaban J connectivity index is 1.47. The highest BCUT2D eigenvalue weighted by Crippen LogP contribution is 2.65. The molecule has 1 aromatic rings. The third kappa shape index (κ3) is 7.31. The third-order valence-electron chi connectivity index (χ3n) is 9.82. The van der Waals surface area contributed by atoms with Crippen LogP contribution in [0.2, 0.25) is 0 Å². The number of benzene rings is 1. The molecule has 236 valence electrons. The molecule has 0 unspecified atom stereocenters. The van der Waals surface area contributed by atoms with Crippen LogP contribution in [0, 0.1) is 33.3 Å². The molecule has 7 atom stereocenters. The number of hydrazine groups is 1.